The normalized spacial score (nSPS) is 13.4. The molecule has 0 saturated heterocycles. The number of hydrogen-bond acceptors (Lipinski definition) is 4. The molecule has 0 fully saturated rings. The number of rotatable bonds is 10. The monoisotopic (exact) mass is 402 g/mol. The van der Waals surface area contributed by atoms with Gasteiger partial charge >= 0.3 is 0 Å². The lowest BCUT2D eigenvalue weighted by molar-refractivity contribution is -0.931. The maximum atomic E-state index is 10.5. The Hall–Kier alpha value is -2.31. The number of ether oxygens (including phenoxy) is 1. The minimum Gasteiger partial charge on any atom is -0.507 e. The van der Waals surface area contributed by atoms with Crippen molar-refractivity contribution >= 4 is 11.6 Å². The molecule has 0 bridgehead atoms. The fourth-order valence-electron chi connectivity index (χ4n) is 3.08. The molecule has 0 saturated carbocycles. The molecule has 2 atom stereocenters. The van der Waals surface area contributed by atoms with Gasteiger partial charge in [0.1, 0.15) is 31.5 Å². The van der Waals surface area contributed by atoms with E-state index in [1.54, 1.807) is 18.4 Å². The average Bonchev–Trinajstić information content (AvgIpc) is 3.18. The van der Waals surface area contributed by atoms with Gasteiger partial charge in [-0.2, -0.15) is 0 Å². The molecule has 0 aliphatic heterocycles. The summed E-state index contributed by atoms with van der Waals surface area (Å²) in [6.45, 7) is 2.29. The molecule has 1 heterocycles. The highest BCUT2D eigenvalue weighted by Crippen LogP contribution is 2.14. The van der Waals surface area contributed by atoms with Gasteiger partial charge in [-0.3, -0.25) is 0 Å². The summed E-state index contributed by atoms with van der Waals surface area (Å²) in [6, 6.07) is 18.5. The van der Waals surface area contributed by atoms with Crippen molar-refractivity contribution in [2.75, 3.05) is 13.2 Å². The minimum atomic E-state index is -0.636. The van der Waals surface area contributed by atoms with Crippen LogP contribution >= 0.6 is 11.6 Å². The van der Waals surface area contributed by atoms with Crippen molar-refractivity contribution in [3.05, 3.63) is 88.8 Å². The molecule has 3 rings (SSSR count). The largest absolute Gasteiger partial charge is 0.507 e. The lowest BCUT2D eigenvalue weighted by atomic mass is 10.1. The second-order valence-electron chi connectivity index (χ2n) is 6.81. The molecule has 0 aliphatic rings. The van der Waals surface area contributed by atoms with Crippen molar-refractivity contribution in [2.45, 2.75) is 25.8 Å². The van der Waals surface area contributed by atoms with E-state index in [2.05, 4.69) is 0 Å². The second-order valence-corrected chi connectivity index (χ2v) is 7.25. The van der Waals surface area contributed by atoms with Gasteiger partial charge in [-0.15, -0.1) is 0 Å². The second kappa shape index (κ2) is 10.3. The van der Waals surface area contributed by atoms with E-state index in [0.717, 1.165) is 21.8 Å². The summed E-state index contributed by atoms with van der Waals surface area (Å²) in [5.41, 5.74) is 1.84. The van der Waals surface area contributed by atoms with E-state index in [0.29, 0.717) is 31.3 Å². The topological polar surface area (TPSA) is 67.3 Å². The third kappa shape index (κ3) is 6.39. The Morgan fingerprint density at radius 2 is 1.79 bits per heavy atom. The highest BCUT2D eigenvalue weighted by Gasteiger charge is 2.19. The van der Waals surface area contributed by atoms with Crippen molar-refractivity contribution in [1.29, 1.82) is 0 Å². The van der Waals surface area contributed by atoms with E-state index in [1.807, 2.05) is 48.5 Å². The fraction of sp³-hybridized carbons (Fsp3) is 0.273. The average molecular weight is 403 g/mol. The van der Waals surface area contributed by atoms with Crippen LogP contribution in [-0.2, 0) is 24.4 Å². The Labute approximate surface area is 169 Å². The van der Waals surface area contributed by atoms with E-state index in [-0.39, 0.29) is 12.4 Å². The number of phenolic OH excluding ortho intramolecular Hbond substituents is 1. The van der Waals surface area contributed by atoms with Crippen LogP contribution in [-0.4, -0.2) is 29.5 Å². The van der Waals surface area contributed by atoms with Crippen LogP contribution in [0.1, 0.15) is 16.9 Å². The number of phenols is 1. The van der Waals surface area contributed by atoms with Gasteiger partial charge in [0.15, 0.2) is 5.76 Å². The molecule has 6 heteroatoms. The maximum absolute atomic E-state index is 10.5. The van der Waals surface area contributed by atoms with E-state index in [4.69, 9.17) is 20.8 Å². The SMILES string of the molecule is Oc1ccccc1C[NH+](Cc1ccco1)C[C@@H](O)COCc1ccc(Cl)cc1. The molecular formula is C22H25ClNO4+. The van der Waals surface area contributed by atoms with Crippen LogP contribution in [0.15, 0.2) is 71.3 Å². The van der Waals surface area contributed by atoms with Crippen LogP contribution in [0.2, 0.25) is 5.02 Å². The summed E-state index contributed by atoms with van der Waals surface area (Å²) in [4.78, 5) is 1.07. The zero-order valence-corrected chi connectivity index (χ0v) is 16.3. The number of quaternary nitrogens is 1. The number of furan rings is 1. The third-order valence-electron chi connectivity index (χ3n) is 4.45. The molecule has 0 spiro atoms. The molecule has 3 N–H and O–H groups in total. The molecule has 3 aromatic rings. The van der Waals surface area contributed by atoms with E-state index < -0.39 is 6.10 Å². The van der Waals surface area contributed by atoms with Gasteiger partial charge in [0.05, 0.1) is 19.5 Å². The number of hydrogen-bond donors (Lipinski definition) is 3. The highest BCUT2D eigenvalue weighted by atomic mass is 35.5. The molecule has 1 aromatic heterocycles. The summed E-state index contributed by atoms with van der Waals surface area (Å²) in [5.74, 6) is 1.09. The number of benzene rings is 2. The molecule has 0 amide bonds. The lowest BCUT2D eigenvalue weighted by Crippen LogP contribution is -3.10. The summed E-state index contributed by atoms with van der Waals surface area (Å²) in [6.07, 6.45) is 1.00. The van der Waals surface area contributed by atoms with E-state index >= 15 is 0 Å². The van der Waals surface area contributed by atoms with Crippen LogP contribution < -0.4 is 4.90 Å². The summed E-state index contributed by atoms with van der Waals surface area (Å²) >= 11 is 5.88. The first kappa shape index (κ1) is 20.4. The zero-order chi connectivity index (χ0) is 19.8. The van der Waals surface area contributed by atoms with Crippen LogP contribution in [0.4, 0.5) is 0 Å². The van der Waals surface area contributed by atoms with Gasteiger partial charge in [0, 0.05) is 10.6 Å². The van der Waals surface area contributed by atoms with Crippen molar-refractivity contribution in [3.63, 3.8) is 0 Å². The van der Waals surface area contributed by atoms with Crippen molar-refractivity contribution in [3.8, 4) is 5.75 Å². The number of aromatic hydroxyl groups is 1. The molecule has 5 nitrogen and oxygen atoms in total. The van der Waals surface area contributed by atoms with E-state index in [9.17, 15) is 10.2 Å². The molecule has 0 aliphatic carbocycles. The predicted octanol–water partition coefficient (Wildman–Crippen LogP) is 2.80. The van der Waals surface area contributed by atoms with E-state index in [1.165, 1.54) is 0 Å². The molecule has 0 radical (unpaired) electrons. The smallest absolute Gasteiger partial charge is 0.157 e. The Morgan fingerprint density at radius 3 is 2.50 bits per heavy atom. The Morgan fingerprint density at radius 1 is 1.00 bits per heavy atom. The van der Waals surface area contributed by atoms with Crippen molar-refractivity contribution in [2.24, 2.45) is 0 Å². The lowest BCUT2D eigenvalue weighted by Gasteiger charge is -2.22. The number of aliphatic hydroxyl groups is 1. The zero-order valence-electron chi connectivity index (χ0n) is 15.6. The number of nitrogens with one attached hydrogen (secondary N) is 1. The molecular weight excluding hydrogens is 378 g/mol. The minimum absolute atomic E-state index is 0.227. The number of para-hydroxylation sites is 1. The maximum Gasteiger partial charge on any atom is 0.157 e. The van der Waals surface area contributed by atoms with Gasteiger partial charge in [0.2, 0.25) is 0 Å². The Bertz CT molecular complexity index is 836. The van der Waals surface area contributed by atoms with Gasteiger partial charge < -0.3 is 24.3 Å². The highest BCUT2D eigenvalue weighted by molar-refractivity contribution is 6.30. The molecule has 148 valence electrons. The van der Waals surface area contributed by atoms with Crippen LogP contribution in [0.25, 0.3) is 0 Å². The first-order valence-corrected chi connectivity index (χ1v) is 9.61. The fourth-order valence-corrected chi connectivity index (χ4v) is 3.21. The van der Waals surface area contributed by atoms with Crippen LogP contribution in [0, 0.1) is 0 Å². The number of halogens is 1. The summed E-state index contributed by atoms with van der Waals surface area (Å²) in [7, 11) is 0. The number of aliphatic hydroxyl groups excluding tert-OH is 1. The van der Waals surface area contributed by atoms with Crippen molar-refractivity contribution < 1.29 is 24.3 Å². The van der Waals surface area contributed by atoms with Gasteiger partial charge in [-0.05, 0) is 42.0 Å². The summed E-state index contributed by atoms with van der Waals surface area (Å²) < 4.78 is 11.1. The first-order valence-electron chi connectivity index (χ1n) is 9.23. The van der Waals surface area contributed by atoms with Gasteiger partial charge in [-0.25, -0.2) is 0 Å². The van der Waals surface area contributed by atoms with Crippen LogP contribution in [0.3, 0.4) is 0 Å². The quantitative estimate of drug-likeness (QED) is 0.488. The molecule has 2 aromatic carbocycles. The Kier molecular flexibility index (Phi) is 7.51. The molecule has 1 unspecified atom stereocenters. The standard InChI is InChI=1S/C22H24ClNO4/c23-19-9-7-17(8-10-19)15-27-16-20(25)13-24(14-21-5-3-11-28-21)12-18-4-1-2-6-22(18)26/h1-11,20,25-26H,12-16H2/p+1/t20-/m1/s1. The third-order valence-corrected chi connectivity index (χ3v) is 4.70. The summed E-state index contributed by atoms with van der Waals surface area (Å²) in [5, 5.41) is 21.2. The molecule has 28 heavy (non-hydrogen) atoms. The van der Waals surface area contributed by atoms with Crippen molar-refractivity contribution in [1.82, 2.24) is 0 Å². The Balaban J connectivity index is 1.55. The van der Waals surface area contributed by atoms with Gasteiger partial charge in [0.25, 0.3) is 0 Å². The van der Waals surface area contributed by atoms with Crippen LogP contribution in [0.5, 0.6) is 5.75 Å². The predicted molar refractivity (Wildman–Crippen MR) is 107 cm³/mol. The first-order chi connectivity index (χ1) is 13.6. The van der Waals surface area contributed by atoms with Gasteiger partial charge in [-0.1, -0.05) is 35.9 Å².